The molecule has 0 unspecified atom stereocenters. The number of carboxylic acids is 1. The Balaban J connectivity index is 0.000000620. The number of aliphatic carboxylic acids is 1. The van der Waals surface area contributed by atoms with Gasteiger partial charge in [0.2, 0.25) is 0 Å². The predicted molar refractivity (Wildman–Crippen MR) is 168 cm³/mol. The number of unbranched alkanes of at least 4 members (excludes halogenated alkanes) is 11. The van der Waals surface area contributed by atoms with Gasteiger partial charge in [-0.2, -0.15) is 0 Å². The molecule has 0 heterocycles. The molecule has 0 aromatic heterocycles. The van der Waals surface area contributed by atoms with Crippen molar-refractivity contribution in [2.24, 2.45) is 0 Å². The summed E-state index contributed by atoms with van der Waals surface area (Å²) in [5.41, 5.74) is 2.65. The monoisotopic (exact) mass is 518 g/mol. The highest BCUT2D eigenvalue weighted by Gasteiger charge is 1.96. The predicted octanol–water partition coefficient (Wildman–Crippen LogP) is 10.9. The minimum absolute atomic E-state index is 0.332. The summed E-state index contributed by atoms with van der Waals surface area (Å²) in [6.45, 7) is 9.57. The van der Waals surface area contributed by atoms with E-state index in [0.717, 1.165) is 25.7 Å². The maximum Gasteiger partial charge on any atom is 0.303 e. The van der Waals surface area contributed by atoms with Crippen molar-refractivity contribution >= 4 is 5.97 Å². The summed E-state index contributed by atoms with van der Waals surface area (Å²) < 4.78 is 0. The summed E-state index contributed by atoms with van der Waals surface area (Å²) in [7, 11) is 0. The van der Waals surface area contributed by atoms with E-state index in [-0.39, 0.29) is 0 Å². The van der Waals surface area contributed by atoms with Crippen LogP contribution in [0.2, 0.25) is 0 Å². The number of benzene rings is 2. The second-order valence-electron chi connectivity index (χ2n) is 9.68. The first kappa shape index (κ1) is 35.1. The first-order valence-electron chi connectivity index (χ1n) is 14.8. The van der Waals surface area contributed by atoms with Gasteiger partial charge in [-0.1, -0.05) is 143 Å². The van der Waals surface area contributed by atoms with E-state index in [2.05, 4.69) is 56.5 Å². The fourth-order valence-electron chi connectivity index (χ4n) is 3.91. The topological polar surface area (TPSA) is 37.3 Å². The molecule has 0 saturated heterocycles. The van der Waals surface area contributed by atoms with Gasteiger partial charge in [0.25, 0.3) is 0 Å². The zero-order valence-electron chi connectivity index (χ0n) is 24.2. The molecule has 2 heteroatoms. The number of hydrogen-bond acceptors (Lipinski definition) is 1. The highest BCUT2D eigenvalue weighted by molar-refractivity contribution is 5.66. The van der Waals surface area contributed by atoms with Crippen LogP contribution in [-0.2, 0) is 17.6 Å². The van der Waals surface area contributed by atoms with Crippen LogP contribution in [-0.4, -0.2) is 11.1 Å². The third-order valence-corrected chi connectivity index (χ3v) is 6.10. The number of allylic oxidation sites excluding steroid dienone is 4. The normalized spacial score (nSPS) is 10.1. The molecule has 2 nitrogen and oxygen atoms in total. The van der Waals surface area contributed by atoms with Crippen LogP contribution in [0, 0.1) is 0 Å². The summed E-state index contributed by atoms with van der Waals surface area (Å²) in [5, 5.41) is 8.51. The summed E-state index contributed by atoms with van der Waals surface area (Å²) in [6, 6.07) is 20.6. The van der Waals surface area contributed by atoms with Crippen molar-refractivity contribution in [3.63, 3.8) is 0 Å². The molecule has 0 bridgehead atoms. The van der Waals surface area contributed by atoms with Gasteiger partial charge in [-0.15, -0.1) is 13.2 Å². The quantitative estimate of drug-likeness (QED) is 0.148. The van der Waals surface area contributed by atoms with Gasteiger partial charge >= 0.3 is 5.97 Å². The van der Waals surface area contributed by atoms with Crippen LogP contribution in [0.15, 0.2) is 98.1 Å². The fraction of sp³-hybridized carbons (Fsp3) is 0.472. The van der Waals surface area contributed by atoms with E-state index < -0.39 is 5.97 Å². The molecule has 0 aliphatic carbocycles. The molecule has 0 spiro atoms. The molecular formula is C36H54O2. The van der Waals surface area contributed by atoms with Crippen molar-refractivity contribution < 1.29 is 9.90 Å². The minimum Gasteiger partial charge on any atom is -0.481 e. The highest BCUT2D eigenvalue weighted by atomic mass is 16.4. The molecule has 0 amide bonds. The Morgan fingerprint density at radius 1 is 0.632 bits per heavy atom. The van der Waals surface area contributed by atoms with Crippen molar-refractivity contribution in [2.45, 2.75) is 110 Å². The van der Waals surface area contributed by atoms with Crippen LogP contribution in [0.3, 0.4) is 0 Å². The standard InChI is InChI=1S/C18H34O2.2C9H10/c1-2-3-4-5-6-7-8-9-10-11-12-13-14-15-16-17-18(19)20;2*1-2-6-9-7-4-3-5-8-9/h9-10H,2-8,11-17H2,1H3,(H,19,20);2*2-5,7-8H,1,6H2. The molecule has 0 aliphatic heterocycles. The van der Waals surface area contributed by atoms with Gasteiger partial charge in [0.1, 0.15) is 0 Å². The van der Waals surface area contributed by atoms with E-state index in [4.69, 9.17) is 5.11 Å². The van der Waals surface area contributed by atoms with E-state index in [9.17, 15) is 4.79 Å². The van der Waals surface area contributed by atoms with Gasteiger partial charge in [0, 0.05) is 6.42 Å². The average Bonchev–Trinajstić information content (AvgIpc) is 2.93. The zero-order valence-corrected chi connectivity index (χ0v) is 24.2. The molecule has 2 rings (SSSR count). The zero-order chi connectivity index (χ0) is 27.9. The Morgan fingerprint density at radius 2 is 1.03 bits per heavy atom. The van der Waals surface area contributed by atoms with Crippen molar-refractivity contribution in [3.05, 3.63) is 109 Å². The molecule has 0 atom stereocenters. The highest BCUT2D eigenvalue weighted by Crippen LogP contribution is 2.10. The van der Waals surface area contributed by atoms with Gasteiger partial charge in [-0.3, -0.25) is 4.79 Å². The van der Waals surface area contributed by atoms with Crippen LogP contribution < -0.4 is 0 Å². The molecule has 0 radical (unpaired) electrons. The summed E-state index contributed by atoms with van der Waals surface area (Å²) in [5.74, 6) is -0.664. The number of carboxylic acid groups (broad SMARTS) is 1. The second kappa shape index (κ2) is 28.7. The Bertz CT molecular complexity index is 762. The van der Waals surface area contributed by atoms with Gasteiger partial charge in [-0.05, 0) is 56.1 Å². The number of carbonyl (C=O) groups is 1. The van der Waals surface area contributed by atoms with Crippen LogP contribution >= 0.6 is 0 Å². The molecular weight excluding hydrogens is 464 g/mol. The average molecular weight is 519 g/mol. The molecule has 0 fully saturated rings. The number of hydrogen-bond donors (Lipinski definition) is 1. The largest absolute Gasteiger partial charge is 0.481 e. The maximum absolute atomic E-state index is 10.3. The van der Waals surface area contributed by atoms with Crippen LogP contribution in [0.4, 0.5) is 0 Å². The summed E-state index contributed by atoms with van der Waals surface area (Å²) in [6.07, 6.45) is 27.0. The minimum atomic E-state index is -0.664. The molecule has 38 heavy (non-hydrogen) atoms. The number of rotatable bonds is 19. The van der Waals surface area contributed by atoms with Crippen LogP contribution in [0.1, 0.15) is 108 Å². The SMILES string of the molecule is C=CCc1ccccc1.C=CCc1ccccc1.CCCCCCCCC=CCCCCCCCC(=O)O. The third-order valence-electron chi connectivity index (χ3n) is 6.10. The Hall–Kier alpha value is -2.87. The van der Waals surface area contributed by atoms with Crippen LogP contribution in [0.25, 0.3) is 0 Å². The van der Waals surface area contributed by atoms with Gasteiger partial charge < -0.3 is 5.11 Å². The molecule has 0 saturated carbocycles. The van der Waals surface area contributed by atoms with Crippen molar-refractivity contribution in [1.82, 2.24) is 0 Å². The lowest BCUT2D eigenvalue weighted by molar-refractivity contribution is -0.137. The van der Waals surface area contributed by atoms with Crippen molar-refractivity contribution in [3.8, 4) is 0 Å². The molecule has 1 N–H and O–H groups in total. The molecule has 2 aromatic rings. The van der Waals surface area contributed by atoms with E-state index >= 15 is 0 Å². The molecule has 210 valence electrons. The smallest absolute Gasteiger partial charge is 0.303 e. The van der Waals surface area contributed by atoms with Crippen molar-refractivity contribution in [2.75, 3.05) is 0 Å². The first-order chi connectivity index (χ1) is 18.6. The van der Waals surface area contributed by atoms with Gasteiger partial charge in [-0.25, -0.2) is 0 Å². The lowest BCUT2D eigenvalue weighted by Gasteiger charge is -1.99. The fourth-order valence-corrected chi connectivity index (χ4v) is 3.91. The van der Waals surface area contributed by atoms with Gasteiger partial charge in [0.05, 0.1) is 0 Å². The van der Waals surface area contributed by atoms with E-state index in [1.54, 1.807) is 0 Å². The third kappa shape index (κ3) is 26.2. The Morgan fingerprint density at radius 3 is 1.42 bits per heavy atom. The van der Waals surface area contributed by atoms with E-state index in [1.165, 1.54) is 81.8 Å². The van der Waals surface area contributed by atoms with E-state index in [1.807, 2.05) is 48.6 Å². The van der Waals surface area contributed by atoms with Crippen molar-refractivity contribution in [1.29, 1.82) is 0 Å². The lowest BCUT2D eigenvalue weighted by atomic mass is 10.1. The summed E-state index contributed by atoms with van der Waals surface area (Å²) >= 11 is 0. The second-order valence-corrected chi connectivity index (χ2v) is 9.68. The Labute approximate surface area is 234 Å². The molecule has 2 aromatic carbocycles. The first-order valence-corrected chi connectivity index (χ1v) is 14.8. The van der Waals surface area contributed by atoms with Gasteiger partial charge in [0.15, 0.2) is 0 Å². The maximum atomic E-state index is 10.3. The van der Waals surface area contributed by atoms with Crippen LogP contribution in [0.5, 0.6) is 0 Å². The van der Waals surface area contributed by atoms with E-state index in [0.29, 0.717) is 6.42 Å². The molecule has 0 aliphatic rings. The Kier molecular flexibility index (Phi) is 26.5. The lowest BCUT2D eigenvalue weighted by Crippen LogP contribution is -1.93. The summed E-state index contributed by atoms with van der Waals surface area (Å²) in [4.78, 5) is 10.3.